The van der Waals surface area contributed by atoms with Gasteiger partial charge in [0.05, 0.1) is 5.92 Å². The summed E-state index contributed by atoms with van der Waals surface area (Å²) >= 11 is 38.6. The quantitative estimate of drug-likeness (QED) is 0.232. The minimum absolute atomic E-state index is 0.615. The number of halogens is 11. The average Bonchev–Trinajstić information content (AvgIpc) is 1.72. The zero-order valence-electron chi connectivity index (χ0n) is 6.66. The summed E-state index contributed by atoms with van der Waals surface area (Å²) in [6.45, 7) is 0. The van der Waals surface area contributed by atoms with Crippen LogP contribution in [0.5, 0.6) is 0 Å². The molecular weight excluding hydrogens is 939 g/mol. The molecule has 0 fully saturated rings. The van der Waals surface area contributed by atoms with Gasteiger partial charge in [-0.15, -0.1) is 0 Å². The van der Waals surface area contributed by atoms with Crippen LogP contribution in [0.4, 0.5) is 0 Å². The van der Waals surface area contributed by atoms with E-state index in [1.165, 1.54) is 0 Å². The van der Waals surface area contributed by atoms with E-state index >= 15 is 0 Å². The first-order chi connectivity index (χ1) is 6.62. The van der Waals surface area contributed by atoms with Crippen molar-refractivity contribution in [3.05, 3.63) is 5.92 Å². The van der Waals surface area contributed by atoms with Crippen molar-refractivity contribution in [2.45, 2.75) is 9.66 Å². The number of rotatable bonds is 1. The van der Waals surface area contributed by atoms with Crippen LogP contribution in [0.3, 0.4) is 0 Å². The van der Waals surface area contributed by atoms with E-state index in [1.807, 2.05) is 0 Å². The molecule has 0 atom stereocenters. The van der Waals surface area contributed by atoms with Gasteiger partial charge < -0.3 is 0 Å². The Balaban J connectivity index is 5.57. The fourth-order valence-electron chi connectivity index (χ4n) is 0.658. The van der Waals surface area contributed by atoms with Gasteiger partial charge in [0.15, 0.2) is 2.14 Å². The Hall–Kier alpha value is 5.28. The lowest BCUT2D eigenvalue weighted by Crippen LogP contribution is -2.47. The van der Waals surface area contributed by atoms with E-state index in [2.05, 4.69) is 175 Å². The molecule has 0 saturated carbocycles. The van der Waals surface area contributed by atoms with Crippen LogP contribution < -0.4 is 0 Å². The third kappa shape index (κ3) is 6.18. The first kappa shape index (κ1) is 21.3. The van der Waals surface area contributed by atoms with Crippen molar-refractivity contribution in [3.8, 4) is 0 Å². The van der Waals surface area contributed by atoms with Crippen LogP contribution in [0.25, 0.3) is 0 Å². The molecule has 0 saturated heterocycles. The Kier molecular flexibility index (Phi) is 9.62. The Morgan fingerprint density at radius 3 is 0.812 bits per heavy atom. The molecule has 11 heteroatoms. The fraction of sp³-hybridized carbons (Fsp3) is 0.800. The van der Waals surface area contributed by atoms with Gasteiger partial charge in [-0.3, -0.25) is 0 Å². The molecule has 0 N–H and O–H groups in total. The van der Waals surface area contributed by atoms with E-state index in [9.17, 15) is 0 Å². The predicted molar refractivity (Wildman–Crippen MR) is 112 cm³/mol. The summed E-state index contributed by atoms with van der Waals surface area (Å²) in [5.41, 5.74) is 0. The highest BCUT2D eigenvalue weighted by atomic mass is 80.0. The first-order valence-electron chi connectivity index (χ1n) is 3.08. The van der Waals surface area contributed by atoms with E-state index in [0.717, 1.165) is 5.92 Å². The smallest absolute Gasteiger partial charge is 0.0683 e. The maximum absolute atomic E-state index is 3.60. The number of hydrogen-bond acceptors (Lipinski definition) is 0. The topological polar surface area (TPSA) is 0 Å². The molecule has 0 aromatic heterocycles. The zero-order chi connectivity index (χ0) is 13.6. The van der Waals surface area contributed by atoms with Gasteiger partial charge >= 0.3 is 0 Å². The van der Waals surface area contributed by atoms with Crippen LogP contribution in [0, 0.1) is 5.92 Å². The van der Waals surface area contributed by atoms with Gasteiger partial charge in [0.1, 0.15) is 7.52 Å². The summed E-state index contributed by atoms with van der Waals surface area (Å²) in [5, 5.41) is 0. The fourth-order valence-corrected chi connectivity index (χ4v) is 11.6. The highest BCUT2D eigenvalue weighted by Gasteiger charge is 2.62. The maximum atomic E-state index is 3.60. The molecule has 16 heavy (non-hydrogen) atoms. The Morgan fingerprint density at radius 2 is 0.750 bits per heavy atom. The highest BCUT2D eigenvalue weighted by Crippen LogP contribution is 2.69. The lowest BCUT2D eigenvalue weighted by Gasteiger charge is -2.44. The van der Waals surface area contributed by atoms with Gasteiger partial charge in [0, 0.05) is 0 Å². The second-order valence-electron chi connectivity index (χ2n) is 2.44. The Labute approximate surface area is 187 Å². The van der Waals surface area contributed by atoms with Crippen LogP contribution >= 0.6 is 175 Å². The molecule has 0 aromatic rings. The molecular formula is C5Br11. The molecule has 0 rings (SSSR count). The predicted octanol–water partition coefficient (Wildman–Crippen LogP) is 8.56. The summed E-state index contributed by atoms with van der Waals surface area (Å²) in [6.07, 6.45) is 0. The van der Waals surface area contributed by atoms with E-state index in [4.69, 9.17) is 0 Å². The van der Waals surface area contributed by atoms with Crippen LogP contribution in [-0.4, -0.2) is 9.66 Å². The van der Waals surface area contributed by atoms with Crippen molar-refractivity contribution >= 4 is 175 Å². The van der Waals surface area contributed by atoms with Gasteiger partial charge in [-0.25, -0.2) is 0 Å². The molecule has 0 spiro atoms. The molecule has 0 aliphatic heterocycles. The van der Waals surface area contributed by atoms with E-state index in [1.54, 1.807) is 0 Å². The van der Waals surface area contributed by atoms with Gasteiger partial charge in [0.25, 0.3) is 0 Å². The van der Waals surface area contributed by atoms with Crippen LogP contribution in [-0.2, 0) is 0 Å². The summed E-state index contributed by atoms with van der Waals surface area (Å²) < 4.78 is -2.54. The molecule has 0 aromatic carbocycles. The molecule has 0 nitrogen and oxygen atoms in total. The largest absolute Gasteiger partial charge is 0.160 e. The molecule has 0 heterocycles. The molecule has 0 bridgehead atoms. The van der Waals surface area contributed by atoms with Crippen molar-refractivity contribution in [3.63, 3.8) is 0 Å². The van der Waals surface area contributed by atoms with Crippen molar-refractivity contribution < 1.29 is 0 Å². The molecule has 0 aliphatic rings. The summed E-state index contributed by atoms with van der Waals surface area (Å²) in [4.78, 5) is 0. The zero-order valence-corrected chi connectivity index (χ0v) is 24.1. The SMILES string of the molecule is BrC(Br)(Br)[C](C(Br)(Br)Br)C(Br)(Br)C(Br)(Br)Br. The normalized spacial score (nSPS) is 15.8. The molecule has 97 valence electrons. The second kappa shape index (κ2) is 7.23. The van der Waals surface area contributed by atoms with Crippen molar-refractivity contribution in [1.29, 1.82) is 0 Å². The molecule has 0 aliphatic carbocycles. The molecule has 1 radical (unpaired) electrons. The third-order valence-corrected chi connectivity index (χ3v) is 10.6. The van der Waals surface area contributed by atoms with Crippen LogP contribution in [0.2, 0.25) is 0 Å². The van der Waals surface area contributed by atoms with E-state index in [-0.39, 0.29) is 0 Å². The van der Waals surface area contributed by atoms with Crippen molar-refractivity contribution in [1.82, 2.24) is 0 Å². The van der Waals surface area contributed by atoms with Gasteiger partial charge in [0.2, 0.25) is 0 Å². The lowest BCUT2D eigenvalue weighted by atomic mass is 10.1. The van der Waals surface area contributed by atoms with Gasteiger partial charge in [-0.1, -0.05) is 175 Å². The number of alkyl halides is 11. The summed E-state index contributed by atoms with van der Waals surface area (Å²) in [7, 11) is 0. The van der Waals surface area contributed by atoms with Crippen LogP contribution in [0.1, 0.15) is 0 Å². The Bertz CT molecular complexity index is 225. The minimum Gasteiger partial charge on any atom is -0.0683 e. The van der Waals surface area contributed by atoms with Crippen molar-refractivity contribution in [2.75, 3.05) is 0 Å². The van der Waals surface area contributed by atoms with Gasteiger partial charge in [-0.2, -0.15) is 0 Å². The van der Waals surface area contributed by atoms with E-state index < -0.39 is 9.66 Å². The van der Waals surface area contributed by atoms with E-state index in [0.29, 0.717) is 0 Å². The summed E-state index contributed by atoms with van der Waals surface area (Å²) in [5.74, 6) is 0.859. The third-order valence-electron chi connectivity index (χ3n) is 1.24. The van der Waals surface area contributed by atoms with Crippen LogP contribution in [0.15, 0.2) is 0 Å². The first-order valence-corrected chi connectivity index (χ1v) is 11.8. The van der Waals surface area contributed by atoms with Gasteiger partial charge in [-0.05, 0) is 0 Å². The number of hydrogen-bond donors (Lipinski definition) is 0. The summed E-state index contributed by atoms with van der Waals surface area (Å²) in [6, 6.07) is 0. The van der Waals surface area contributed by atoms with Crippen molar-refractivity contribution in [2.24, 2.45) is 0 Å². The molecule has 0 unspecified atom stereocenters. The lowest BCUT2D eigenvalue weighted by molar-refractivity contribution is 0.862. The Morgan fingerprint density at radius 1 is 0.500 bits per heavy atom. The average molecular weight is 939 g/mol. The standard InChI is InChI=1S/C5Br11/c6-2(7,5(14,15)16)1(3(8,9)10)4(11,12)13. The highest BCUT2D eigenvalue weighted by molar-refractivity contribution is 9.42. The monoisotopic (exact) mass is 928 g/mol. The molecule has 0 amide bonds. The second-order valence-corrected chi connectivity index (χ2v) is 26.2. The minimum atomic E-state index is -0.667. The maximum Gasteiger partial charge on any atom is 0.160 e.